The summed E-state index contributed by atoms with van der Waals surface area (Å²) in [6.45, 7) is 9.97. The Labute approximate surface area is 111 Å². The molecule has 2 rings (SSSR count). The van der Waals surface area contributed by atoms with Crippen LogP contribution in [0.15, 0.2) is 0 Å². The summed E-state index contributed by atoms with van der Waals surface area (Å²) in [4.78, 5) is 0. The summed E-state index contributed by atoms with van der Waals surface area (Å²) in [5.41, 5.74) is 4.05. The van der Waals surface area contributed by atoms with Gasteiger partial charge in [-0.1, -0.05) is 13.8 Å². The van der Waals surface area contributed by atoms with Crippen LogP contribution in [0.4, 0.5) is 0 Å². The molecule has 1 fully saturated rings. The van der Waals surface area contributed by atoms with Gasteiger partial charge in [-0.15, -0.1) is 0 Å². The van der Waals surface area contributed by atoms with Gasteiger partial charge in [0.05, 0.1) is 11.7 Å². The molecule has 1 aromatic rings. The fraction of sp³-hybridized carbons (Fsp3) is 0.800. The molecule has 1 N–H and O–H groups in total. The van der Waals surface area contributed by atoms with Gasteiger partial charge in [-0.2, -0.15) is 5.10 Å². The van der Waals surface area contributed by atoms with Crippen LogP contribution in [0.2, 0.25) is 0 Å². The van der Waals surface area contributed by atoms with E-state index in [9.17, 15) is 0 Å². The Bertz CT molecular complexity index is 395. The lowest BCUT2D eigenvalue weighted by atomic mass is 10.1. The van der Waals surface area contributed by atoms with Crippen LogP contribution in [0.1, 0.15) is 62.5 Å². The zero-order valence-corrected chi connectivity index (χ0v) is 12.3. The van der Waals surface area contributed by atoms with Crippen molar-refractivity contribution in [3.8, 4) is 0 Å². The van der Waals surface area contributed by atoms with Gasteiger partial charge < -0.3 is 5.32 Å². The van der Waals surface area contributed by atoms with E-state index >= 15 is 0 Å². The van der Waals surface area contributed by atoms with E-state index in [1.807, 2.05) is 0 Å². The molecule has 1 saturated carbocycles. The van der Waals surface area contributed by atoms with Crippen LogP contribution in [0, 0.1) is 13.8 Å². The maximum absolute atomic E-state index is 4.77. The largest absolute Gasteiger partial charge is 0.314 e. The molecule has 0 aliphatic heterocycles. The number of nitrogens with zero attached hydrogens (tertiary/aromatic N) is 2. The number of aryl methyl sites for hydroxylation is 1. The summed E-state index contributed by atoms with van der Waals surface area (Å²) < 4.78 is 2.29. The second-order valence-corrected chi connectivity index (χ2v) is 5.57. The van der Waals surface area contributed by atoms with Crippen LogP contribution in [0.3, 0.4) is 0 Å². The van der Waals surface area contributed by atoms with Gasteiger partial charge in [0.15, 0.2) is 0 Å². The Balaban J connectivity index is 2.05. The highest BCUT2D eigenvalue weighted by Gasteiger charge is 2.27. The van der Waals surface area contributed by atoms with Crippen molar-refractivity contribution in [3.05, 3.63) is 17.0 Å². The minimum absolute atomic E-state index is 0.610. The quantitative estimate of drug-likeness (QED) is 0.868. The molecule has 3 nitrogen and oxygen atoms in total. The summed E-state index contributed by atoms with van der Waals surface area (Å²) in [6.07, 6.45) is 6.13. The van der Waals surface area contributed by atoms with Crippen LogP contribution >= 0.6 is 0 Å². The predicted octanol–water partition coefficient (Wildman–Crippen LogP) is 3.16. The first-order chi connectivity index (χ1) is 8.67. The van der Waals surface area contributed by atoms with Crippen molar-refractivity contribution in [3.63, 3.8) is 0 Å². The van der Waals surface area contributed by atoms with Gasteiger partial charge >= 0.3 is 0 Å². The molecule has 1 aromatic heterocycles. The molecule has 2 atom stereocenters. The molecular formula is C15H27N3. The van der Waals surface area contributed by atoms with E-state index in [0.29, 0.717) is 12.1 Å². The van der Waals surface area contributed by atoms with Gasteiger partial charge in [0, 0.05) is 11.7 Å². The third-order valence-corrected chi connectivity index (χ3v) is 4.26. The zero-order chi connectivity index (χ0) is 13.1. The third-order valence-electron chi connectivity index (χ3n) is 4.26. The van der Waals surface area contributed by atoms with E-state index in [-0.39, 0.29) is 0 Å². The second-order valence-electron chi connectivity index (χ2n) is 5.57. The first-order valence-electron chi connectivity index (χ1n) is 7.45. The standard InChI is InChI=1S/C15H27N3/c1-5-9-16-13-7-8-14(10-13)18-12(4)15(6-2)11(3)17-18/h13-14,16H,5-10H2,1-4H3. The van der Waals surface area contributed by atoms with Gasteiger partial charge in [0.25, 0.3) is 0 Å². The monoisotopic (exact) mass is 249 g/mol. The molecular weight excluding hydrogens is 222 g/mol. The molecule has 0 bridgehead atoms. The van der Waals surface area contributed by atoms with Crippen molar-refractivity contribution in [2.45, 2.75) is 71.9 Å². The lowest BCUT2D eigenvalue weighted by Crippen LogP contribution is -2.27. The molecule has 0 radical (unpaired) electrons. The van der Waals surface area contributed by atoms with Crippen molar-refractivity contribution in [1.82, 2.24) is 15.1 Å². The van der Waals surface area contributed by atoms with Crippen molar-refractivity contribution in [2.75, 3.05) is 6.54 Å². The molecule has 0 saturated heterocycles. The average Bonchev–Trinajstić information content (AvgIpc) is 2.92. The van der Waals surface area contributed by atoms with E-state index in [1.165, 1.54) is 42.6 Å². The van der Waals surface area contributed by atoms with Crippen LogP contribution in [-0.4, -0.2) is 22.4 Å². The molecule has 0 aromatic carbocycles. The lowest BCUT2D eigenvalue weighted by molar-refractivity contribution is 0.432. The van der Waals surface area contributed by atoms with Crippen LogP contribution in [0.5, 0.6) is 0 Å². The summed E-state index contributed by atoms with van der Waals surface area (Å²) in [5, 5.41) is 8.41. The van der Waals surface area contributed by atoms with Crippen molar-refractivity contribution in [2.24, 2.45) is 0 Å². The molecule has 2 unspecified atom stereocenters. The Hall–Kier alpha value is -0.830. The van der Waals surface area contributed by atoms with Gasteiger partial charge in [-0.05, 0) is 58.1 Å². The molecule has 1 aliphatic rings. The fourth-order valence-corrected chi connectivity index (χ4v) is 3.28. The van der Waals surface area contributed by atoms with E-state index < -0.39 is 0 Å². The van der Waals surface area contributed by atoms with Crippen molar-refractivity contribution >= 4 is 0 Å². The van der Waals surface area contributed by atoms with E-state index in [1.54, 1.807) is 0 Å². The summed E-state index contributed by atoms with van der Waals surface area (Å²) in [7, 11) is 0. The molecule has 0 amide bonds. The normalized spacial score (nSPS) is 23.8. The average molecular weight is 249 g/mol. The molecule has 0 spiro atoms. The number of hydrogen-bond acceptors (Lipinski definition) is 2. The maximum Gasteiger partial charge on any atom is 0.0628 e. The maximum atomic E-state index is 4.77. The van der Waals surface area contributed by atoms with Gasteiger partial charge in [0.1, 0.15) is 0 Å². The first-order valence-corrected chi connectivity index (χ1v) is 7.45. The van der Waals surface area contributed by atoms with Crippen molar-refractivity contribution < 1.29 is 0 Å². The smallest absolute Gasteiger partial charge is 0.0628 e. The first kappa shape index (κ1) is 13.6. The van der Waals surface area contributed by atoms with Crippen molar-refractivity contribution in [1.29, 1.82) is 0 Å². The minimum atomic E-state index is 0.610. The van der Waals surface area contributed by atoms with Gasteiger partial charge in [-0.3, -0.25) is 4.68 Å². The molecule has 3 heteroatoms. The molecule has 1 heterocycles. The van der Waals surface area contributed by atoms with Crippen LogP contribution in [-0.2, 0) is 6.42 Å². The summed E-state index contributed by atoms with van der Waals surface area (Å²) in [5.74, 6) is 0. The lowest BCUT2D eigenvalue weighted by Gasteiger charge is -2.15. The van der Waals surface area contributed by atoms with E-state index in [2.05, 4.69) is 37.7 Å². The molecule has 18 heavy (non-hydrogen) atoms. The van der Waals surface area contributed by atoms with Gasteiger partial charge in [0.2, 0.25) is 0 Å². The van der Waals surface area contributed by atoms with E-state index in [0.717, 1.165) is 13.0 Å². The predicted molar refractivity (Wildman–Crippen MR) is 76.0 cm³/mol. The Morgan fingerprint density at radius 3 is 2.67 bits per heavy atom. The topological polar surface area (TPSA) is 29.9 Å². The third kappa shape index (κ3) is 2.61. The number of rotatable bonds is 5. The Morgan fingerprint density at radius 1 is 1.28 bits per heavy atom. The summed E-state index contributed by atoms with van der Waals surface area (Å²) in [6, 6.07) is 1.31. The van der Waals surface area contributed by atoms with E-state index in [4.69, 9.17) is 5.10 Å². The highest BCUT2D eigenvalue weighted by atomic mass is 15.3. The second kappa shape index (κ2) is 5.87. The molecule has 1 aliphatic carbocycles. The highest BCUT2D eigenvalue weighted by molar-refractivity contribution is 5.24. The zero-order valence-electron chi connectivity index (χ0n) is 12.3. The molecule has 102 valence electrons. The Kier molecular flexibility index (Phi) is 4.44. The van der Waals surface area contributed by atoms with Gasteiger partial charge in [-0.25, -0.2) is 0 Å². The number of nitrogens with one attached hydrogen (secondary N) is 1. The SMILES string of the molecule is CCCNC1CCC(n2nc(C)c(CC)c2C)C1. The Morgan fingerprint density at radius 2 is 2.06 bits per heavy atom. The summed E-state index contributed by atoms with van der Waals surface area (Å²) >= 11 is 0. The number of aromatic nitrogens is 2. The van der Waals surface area contributed by atoms with Crippen LogP contribution in [0.25, 0.3) is 0 Å². The number of hydrogen-bond donors (Lipinski definition) is 1. The minimum Gasteiger partial charge on any atom is -0.314 e. The fourth-order valence-electron chi connectivity index (χ4n) is 3.28. The van der Waals surface area contributed by atoms with Crippen LogP contribution < -0.4 is 5.32 Å². The highest BCUT2D eigenvalue weighted by Crippen LogP contribution is 2.32.